The molecule has 1 heteroatoms. The summed E-state index contributed by atoms with van der Waals surface area (Å²) in [6.45, 7) is 9.69. The Balaban J connectivity index is 2.07. The number of nitrogens with one attached hydrogen (secondary N) is 1. The summed E-state index contributed by atoms with van der Waals surface area (Å²) < 4.78 is 0. The van der Waals surface area contributed by atoms with Crippen LogP contribution in [-0.4, -0.2) is 0 Å². The van der Waals surface area contributed by atoms with Crippen LogP contribution < -0.4 is 5.32 Å². The van der Waals surface area contributed by atoms with Crippen LogP contribution in [0.4, 0.5) is 0 Å². The summed E-state index contributed by atoms with van der Waals surface area (Å²) in [7, 11) is 0. The summed E-state index contributed by atoms with van der Waals surface area (Å²) in [4.78, 5) is 0. The molecule has 2 aromatic rings. The number of hydrogen-bond acceptors (Lipinski definition) is 1. The van der Waals surface area contributed by atoms with Gasteiger partial charge >= 0.3 is 0 Å². The maximum atomic E-state index is 3.62. The molecule has 0 bridgehead atoms. The zero-order chi connectivity index (χ0) is 13.8. The Morgan fingerprint density at radius 2 is 1.58 bits per heavy atom. The summed E-state index contributed by atoms with van der Waals surface area (Å²) in [5.74, 6) is 0. The Bertz CT molecular complexity index is 557. The van der Waals surface area contributed by atoms with Gasteiger partial charge in [-0.3, -0.25) is 0 Å². The lowest BCUT2D eigenvalue weighted by Gasteiger charge is -2.18. The molecule has 0 heterocycles. The molecule has 1 N–H and O–H groups in total. The van der Waals surface area contributed by atoms with Crippen LogP contribution >= 0.6 is 0 Å². The molecule has 0 aromatic heterocycles. The normalized spacial score (nSPS) is 12.4. The standard InChI is InChI=1S/C18H23N/c1-13-9-7-10-17(15(13)3)12-19-16(4)18-11-6-5-8-14(18)2/h5-11,16,19H,12H2,1-4H3/t16-/m1/s1. The van der Waals surface area contributed by atoms with Crippen molar-refractivity contribution in [3.63, 3.8) is 0 Å². The van der Waals surface area contributed by atoms with Crippen LogP contribution in [0.2, 0.25) is 0 Å². The van der Waals surface area contributed by atoms with Gasteiger partial charge in [0.2, 0.25) is 0 Å². The van der Waals surface area contributed by atoms with E-state index >= 15 is 0 Å². The molecule has 0 aliphatic heterocycles. The summed E-state index contributed by atoms with van der Waals surface area (Å²) in [5.41, 5.74) is 6.88. The second-order valence-electron chi connectivity index (χ2n) is 5.32. The van der Waals surface area contributed by atoms with Crippen molar-refractivity contribution in [3.8, 4) is 0 Å². The zero-order valence-electron chi connectivity index (χ0n) is 12.3. The first kappa shape index (κ1) is 13.8. The van der Waals surface area contributed by atoms with Crippen LogP contribution in [0.1, 0.15) is 40.8 Å². The minimum Gasteiger partial charge on any atom is -0.306 e. The van der Waals surface area contributed by atoms with Crippen LogP contribution in [0.25, 0.3) is 0 Å². The van der Waals surface area contributed by atoms with Crippen LogP contribution in [0.15, 0.2) is 42.5 Å². The number of aryl methyl sites for hydroxylation is 2. The van der Waals surface area contributed by atoms with Gasteiger partial charge in [-0.25, -0.2) is 0 Å². The molecule has 1 atom stereocenters. The summed E-state index contributed by atoms with van der Waals surface area (Å²) in [6.07, 6.45) is 0. The minimum atomic E-state index is 0.376. The molecule has 0 spiro atoms. The number of hydrogen-bond donors (Lipinski definition) is 1. The fourth-order valence-corrected chi connectivity index (χ4v) is 2.45. The molecule has 0 aliphatic carbocycles. The molecule has 0 amide bonds. The highest BCUT2D eigenvalue weighted by Gasteiger charge is 2.08. The highest BCUT2D eigenvalue weighted by molar-refractivity contribution is 5.33. The smallest absolute Gasteiger partial charge is 0.0297 e. The third kappa shape index (κ3) is 3.24. The van der Waals surface area contributed by atoms with E-state index in [1.54, 1.807) is 0 Å². The fraction of sp³-hybridized carbons (Fsp3) is 0.333. The lowest BCUT2D eigenvalue weighted by molar-refractivity contribution is 0.571. The van der Waals surface area contributed by atoms with Crippen molar-refractivity contribution in [2.24, 2.45) is 0 Å². The van der Waals surface area contributed by atoms with Crippen molar-refractivity contribution in [1.82, 2.24) is 5.32 Å². The Hall–Kier alpha value is -1.60. The van der Waals surface area contributed by atoms with Gasteiger partial charge in [0, 0.05) is 12.6 Å². The van der Waals surface area contributed by atoms with Crippen LogP contribution in [0.5, 0.6) is 0 Å². The molecular formula is C18H23N. The predicted octanol–water partition coefficient (Wildman–Crippen LogP) is 4.46. The second-order valence-corrected chi connectivity index (χ2v) is 5.32. The van der Waals surface area contributed by atoms with Gasteiger partial charge in [-0.1, -0.05) is 42.5 Å². The molecular weight excluding hydrogens is 230 g/mol. The quantitative estimate of drug-likeness (QED) is 0.848. The SMILES string of the molecule is Cc1ccccc1[C@@H](C)NCc1cccc(C)c1C. The summed E-state index contributed by atoms with van der Waals surface area (Å²) in [6, 6.07) is 15.5. The van der Waals surface area contributed by atoms with Crippen molar-refractivity contribution in [2.45, 2.75) is 40.3 Å². The van der Waals surface area contributed by atoms with E-state index in [1.165, 1.54) is 27.8 Å². The average molecular weight is 253 g/mol. The summed E-state index contributed by atoms with van der Waals surface area (Å²) in [5, 5.41) is 3.62. The van der Waals surface area contributed by atoms with E-state index in [9.17, 15) is 0 Å². The molecule has 0 radical (unpaired) electrons. The van der Waals surface area contributed by atoms with Crippen molar-refractivity contribution < 1.29 is 0 Å². The lowest BCUT2D eigenvalue weighted by atomic mass is 10.0. The molecule has 0 saturated heterocycles. The molecule has 2 aromatic carbocycles. The van der Waals surface area contributed by atoms with E-state index in [-0.39, 0.29) is 0 Å². The third-order valence-corrected chi connectivity index (χ3v) is 3.97. The molecule has 0 unspecified atom stereocenters. The van der Waals surface area contributed by atoms with Gasteiger partial charge in [0.1, 0.15) is 0 Å². The first-order chi connectivity index (χ1) is 9.09. The Kier molecular flexibility index (Phi) is 4.39. The van der Waals surface area contributed by atoms with E-state index in [0.717, 1.165) is 6.54 Å². The maximum absolute atomic E-state index is 3.62. The van der Waals surface area contributed by atoms with Gasteiger partial charge in [0.05, 0.1) is 0 Å². The van der Waals surface area contributed by atoms with Crippen LogP contribution in [-0.2, 0) is 6.54 Å². The first-order valence-corrected chi connectivity index (χ1v) is 6.93. The number of benzene rings is 2. The maximum Gasteiger partial charge on any atom is 0.0297 e. The molecule has 0 saturated carbocycles. The molecule has 1 nitrogen and oxygen atoms in total. The third-order valence-electron chi connectivity index (χ3n) is 3.97. The first-order valence-electron chi connectivity index (χ1n) is 6.93. The second kappa shape index (κ2) is 6.03. The number of rotatable bonds is 4. The Labute approximate surface area is 116 Å². The molecule has 0 fully saturated rings. The van der Waals surface area contributed by atoms with Gasteiger partial charge in [0.25, 0.3) is 0 Å². The minimum absolute atomic E-state index is 0.376. The highest BCUT2D eigenvalue weighted by atomic mass is 14.9. The Morgan fingerprint density at radius 3 is 2.32 bits per heavy atom. The van der Waals surface area contributed by atoms with E-state index in [1.807, 2.05) is 0 Å². The van der Waals surface area contributed by atoms with Crippen molar-refractivity contribution in [2.75, 3.05) is 0 Å². The van der Waals surface area contributed by atoms with E-state index < -0.39 is 0 Å². The highest BCUT2D eigenvalue weighted by Crippen LogP contribution is 2.18. The Morgan fingerprint density at radius 1 is 0.895 bits per heavy atom. The van der Waals surface area contributed by atoms with Gasteiger partial charge in [-0.2, -0.15) is 0 Å². The van der Waals surface area contributed by atoms with E-state index in [2.05, 4.69) is 75.5 Å². The largest absolute Gasteiger partial charge is 0.306 e. The molecule has 100 valence electrons. The van der Waals surface area contributed by atoms with Gasteiger partial charge in [0.15, 0.2) is 0 Å². The molecule has 2 rings (SSSR count). The topological polar surface area (TPSA) is 12.0 Å². The van der Waals surface area contributed by atoms with E-state index in [4.69, 9.17) is 0 Å². The van der Waals surface area contributed by atoms with Crippen LogP contribution in [0.3, 0.4) is 0 Å². The average Bonchev–Trinajstić information content (AvgIpc) is 2.40. The molecule has 19 heavy (non-hydrogen) atoms. The van der Waals surface area contributed by atoms with Crippen LogP contribution in [0, 0.1) is 20.8 Å². The van der Waals surface area contributed by atoms with Crippen molar-refractivity contribution in [1.29, 1.82) is 0 Å². The van der Waals surface area contributed by atoms with Gasteiger partial charge < -0.3 is 5.32 Å². The van der Waals surface area contributed by atoms with Crippen molar-refractivity contribution >= 4 is 0 Å². The van der Waals surface area contributed by atoms with Gasteiger partial charge in [-0.05, 0) is 55.5 Å². The summed E-state index contributed by atoms with van der Waals surface area (Å²) >= 11 is 0. The monoisotopic (exact) mass is 253 g/mol. The van der Waals surface area contributed by atoms with E-state index in [0.29, 0.717) is 6.04 Å². The van der Waals surface area contributed by atoms with Crippen molar-refractivity contribution in [3.05, 3.63) is 70.3 Å². The zero-order valence-corrected chi connectivity index (χ0v) is 12.3. The predicted molar refractivity (Wildman–Crippen MR) is 82.3 cm³/mol. The fourth-order valence-electron chi connectivity index (χ4n) is 2.45. The lowest BCUT2D eigenvalue weighted by Crippen LogP contribution is -2.19. The molecule has 0 aliphatic rings. The van der Waals surface area contributed by atoms with Gasteiger partial charge in [-0.15, -0.1) is 0 Å².